The topological polar surface area (TPSA) is 86.7 Å². The highest BCUT2D eigenvalue weighted by Gasteiger charge is 2.26. The molecule has 0 aromatic heterocycles. The third kappa shape index (κ3) is 4.58. The second kappa shape index (κ2) is 7.24. The fraction of sp³-hybridized carbons (Fsp3) is 0.667. The molecule has 0 spiro atoms. The second-order valence-corrected chi connectivity index (χ2v) is 5.84. The molecule has 21 heavy (non-hydrogen) atoms. The molecule has 2 N–H and O–H groups in total. The second-order valence-electron chi connectivity index (χ2n) is 5.84. The van der Waals surface area contributed by atoms with Crippen LogP contribution < -0.4 is 5.32 Å². The van der Waals surface area contributed by atoms with Crippen molar-refractivity contribution in [1.29, 1.82) is 0 Å². The first-order valence-electron chi connectivity index (χ1n) is 7.23. The lowest BCUT2D eigenvalue weighted by Crippen LogP contribution is -2.47. The van der Waals surface area contributed by atoms with Crippen LogP contribution in [0.15, 0.2) is 11.1 Å². The SMILES string of the molecule is CC(C(=O)O)=C(C)C(=O)NC(=O)N(C)C1CCC(C)CC1. The minimum atomic E-state index is -1.16. The Bertz CT molecular complexity index is 462. The van der Waals surface area contributed by atoms with E-state index in [4.69, 9.17) is 5.11 Å². The third-order valence-corrected chi connectivity index (χ3v) is 4.30. The number of hydrogen-bond acceptors (Lipinski definition) is 3. The molecule has 118 valence electrons. The lowest BCUT2D eigenvalue weighted by molar-refractivity contribution is -0.133. The van der Waals surface area contributed by atoms with Gasteiger partial charge in [0.15, 0.2) is 0 Å². The largest absolute Gasteiger partial charge is 0.478 e. The molecule has 0 bridgehead atoms. The molecule has 0 aromatic rings. The maximum absolute atomic E-state index is 12.1. The zero-order valence-corrected chi connectivity index (χ0v) is 13.1. The van der Waals surface area contributed by atoms with Gasteiger partial charge in [0.05, 0.1) is 0 Å². The molecule has 1 saturated carbocycles. The van der Waals surface area contributed by atoms with E-state index in [0.717, 1.165) is 25.7 Å². The van der Waals surface area contributed by atoms with Crippen LogP contribution in [0.1, 0.15) is 46.5 Å². The van der Waals surface area contributed by atoms with Crippen molar-refractivity contribution in [3.05, 3.63) is 11.1 Å². The monoisotopic (exact) mass is 296 g/mol. The molecule has 0 aromatic carbocycles. The molecule has 1 rings (SSSR count). The summed E-state index contributed by atoms with van der Waals surface area (Å²) in [7, 11) is 1.67. The summed E-state index contributed by atoms with van der Waals surface area (Å²) < 4.78 is 0. The predicted molar refractivity (Wildman–Crippen MR) is 78.7 cm³/mol. The number of urea groups is 1. The number of carboxylic acids is 1. The quantitative estimate of drug-likeness (QED) is 0.781. The van der Waals surface area contributed by atoms with Gasteiger partial charge < -0.3 is 10.0 Å². The Morgan fingerprint density at radius 2 is 1.57 bits per heavy atom. The molecular formula is C15H24N2O4. The van der Waals surface area contributed by atoms with Crippen molar-refractivity contribution < 1.29 is 19.5 Å². The number of imide groups is 1. The lowest BCUT2D eigenvalue weighted by Gasteiger charge is -2.33. The van der Waals surface area contributed by atoms with Gasteiger partial charge in [0.25, 0.3) is 5.91 Å². The minimum Gasteiger partial charge on any atom is -0.478 e. The van der Waals surface area contributed by atoms with Gasteiger partial charge in [0, 0.05) is 24.2 Å². The first-order valence-corrected chi connectivity index (χ1v) is 7.23. The van der Waals surface area contributed by atoms with E-state index in [1.165, 1.54) is 13.8 Å². The Kier molecular flexibility index (Phi) is 5.93. The first kappa shape index (κ1) is 17.2. The zero-order chi connectivity index (χ0) is 16.2. The summed E-state index contributed by atoms with van der Waals surface area (Å²) in [6.07, 6.45) is 4.02. The molecule has 1 aliphatic rings. The van der Waals surface area contributed by atoms with Crippen LogP contribution in [0.4, 0.5) is 4.79 Å². The number of carboxylic acid groups (broad SMARTS) is 1. The number of hydrogen-bond donors (Lipinski definition) is 2. The van der Waals surface area contributed by atoms with Crippen molar-refractivity contribution in [2.45, 2.75) is 52.5 Å². The smallest absolute Gasteiger partial charge is 0.331 e. The Labute approximate surface area is 125 Å². The van der Waals surface area contributed by atoms with Gasteiger partial charge in [-0.1, -0.05) is 6.92 Å². The van der Waals surface area contributed by atoms with Gasteiger partial charge in [0.1, 0.15) is 0 Å². The maximum Gasteiger partial charge on any atom is 0.331 e. The van der Waals surface area contributed by atoms with Crippen molar-refractivity contribution in [3.8, 4) is 0 Å². The number of rotatable bonds is 3. The standard InChI is InChI=1S/C15H24N2O4/c1-9-5-7-12(8-6-9)17(4)15(21)16-13(18)10(2)11(3)14(19)20/h9,12H,5-8H2,1-4H3,(H,19,20)(H,16,18,21). The maximum atomic E-state index is 12.1. The van der Waals surface area contributed by atoms with Crippen molar-refractivity contribution in [1.82, 2.24) is 10.2 Å². The molecule has 1 aliphatic carbocycles. The normalized spacial score (nSPS) is 23.0. The predicted octanol–water partition coefficient (Wildman–Crippen LogP) is 2.15. The van der Waals surface area contributed by atoms with Gasteiger partial charge in [-0.15, -0.1) is 0 Å². The number of nitrogens with one attached hydrogen (secondary N) is 1. The third-order valence-electron chi connectivity index (χ3n) is 4.30. The van der Waals surface area contributed by atoms with E-state index in [-0.39, 0.29) is 17.2 Å². The fourth-order valence-electron chi connectivity index (χ4n) is 2.41. The lowest BCUT2D eigenvalue weighted by atomic mass is 9.87. The average molecular weight is 296 g/mol. The van der Waals surface area contributed by atoms with Crippen LogP contribution in [-0.4, -0.2) is 41.0 Å². The van der Waals surface area contributed by atoms with E-state index in [0.29, 0.717) is 5.92 Å². The van der Waals surface area contributed by atoms with Gasteiger partial charge in [-0.05, 0) is 45.4 Å². The fourth-order valence-corrected chi connectivity index (χ4v) is 2.41. The Morgan fingerprint density at radius 1 is 1.05 bits per heavy atom. The number of carbonyl (C=O) groups excluding carboxylic acids is 2. The Morgan fingerprint density at radius 3 is 2.05 bits per heavy atom. The minimum absolute atomic E-state index is 0.0431. The van der Waals surface area contributed by atoms with Crippen LogP contribution in [0.5, 0.6) is 0 Å². The van der Waals surface area contributed by atoms with E-state index >= 15 is 0 Å². The molecule has 1 fully saturated rings. The van der Waals surface area contributed by atoms with Crippen LogP contribution >= 0.6 is 0 Å². The van der Waals surface area contributed by atoms with Crippen molar-refractivity contribution >= 4 is 17.9 Å². The molecular weight excluding hydrogens is 272 g/mol. The molecule has 6 nitrogen and oxygen atoms in total. The average Bonchev–Trinajstić information content (AvgIpc) is 2.45. The zero-order valence-electron chi connectivity index (χ0n) is 13.1. The summed E-state index contributed by atoms with van der Waals surface area (Å²) in [5.41, 5.74) is -0.0176. The van der Waals surface area contributed by atoms with E-state index < -0.39 is 17.9 Å². The highest BCUT2D eigenvalue weighted by Crippen LogP contribution is 2.26. The van der Waals surface area contributed by atoms with E-state index in [9.17, 15) is 14.4 Å². The van der Waals surface area contributed by atoms with Gasteiger partial charge in [0.2, 0.25) is 0 Å². The van der Waals surface area contributed by atoms with Crippen LogP contribution in [0.2, 0.25) is 0 Å². The van der Waals surface area contributed by atoms with Crippen molar-refractivity contribution in [3.63, 3.8) is 0 Å². The van der Waals surface area contributed by atoms with E-state index in [1.54, 1.807) is 11.9 Å². The summed E-state index contributed by atoms with van der Waals surface area (Å²) in [6.45, 7) is 4.94. The van der Waals surface area contributed by atoms with Gasteiger partial charge in [-0.25, -0.2) is 9.59 Å². The van der Waals surface area contributed by atoms with Crippen LogP contribution in [0, 0.1) is 5.92 Å². The van der Waals surface area contributed by atoms with E-state index in [2.05, 4.69) is 12.2 Å². The molecule has 6 heteroatoms. The highest BCUT2D eigenvalue weighted by molar-refractivity contribution is 6.07. The summed E-state index contributed by atoms with van der Waals surface area (Å²) in [5.74, 6) is -1.14. The molecule has 3 amide bonds. The number of amides is 3. The number of nitrogens with zero attached hydrogens (tertiary/aromatic N) is 1. The van der Waals surface area contributed by atoms with Crippen molar-refractivity contribution in [2.24, 2.45) is 5.92 Å². The van der Waals surface area contributed by atoms with Gasteiger partial charge >= 0.3 is 12.0 Å². The summed E-state index contributed by atoms with van der Waals surface area (Å²) in [4.78, 5) is 36.3. The van der Waals surface area contributed by atoms with Gasteiger partial charge in [-0.2, -0.15) is 0 Å². The molecule has 0 heterocycles. The first-order chi connectivity index (χ1) is 9.73. The number of carbonyl (C=O) groups is 3. The van der Waals surface area contributed by atoms with Crippen LogP contribution in [0.25, 0.3) is 0 Å². The van der Waals surface area contributed by atoms with Crippen LogP contribution in [0.3, 0.4) is 0 Å². The summed E-state index contributed by atoms with van der Waals surface area (Å²) in [6, 6.07) is -0.337. The molecule has 0 aliphatic heterocycles. The van der Waals surface area contributed by atoms with Crippen molar-refractivity contribution in [2.75, 3.05) is 7.05 Å². The Hall–Kier alpha value is -1.85. The molecule has 0 saturated heterocycles. The van der Waals surface area contributed by atoms with Crippen LogP contribution in [-0.2, 0) is 9.59 Å². The summed E-state index contributed by atoms with van der Waals surface area (Å²) in [5, 5.41) is 11.1. The van der Waals surface area contributed by atoms with E-state index in [1.807, 2.05) is 0 Å². The Balaban J connectivity index is 2.62. The molecule has 0 unspecified atom stereocenters. The molecule has 0 radical (unpaired) electrons. The van der Waals surface area contributed by atoms with Gasteiger partial charge in [-0.3, -0.25) is 10.1 Å². The molecule has 0 atom stereocenters. The highest BCUT2D eigenvalue weighted by atomic mass is 16.4. The number of aliphatic carboxylic acids is 1. The summed E-state index contributed by atoms with van der Waals surface area (Å²) >= 11 is 0.